The third kappa shape index (κ3) is 6.50. The molecule has 0 spiro atoms. The Bertz CT molecular complexity index is 2060. The molecule has 2 bridgehead atoms. The number of carbonyl (C=O) groups is 1. The summed E-state index contributed by atoms with van der Waals surface area (Å²) in [5.74, 6) is 2.73. The van der Waals surface area contributed by atoms with Crippen LogP contribution in [0.3, 0.4) is 0 Å². The van der Waals surface area contributed by atoms with Crippen molar-refractivity contribution < 1.29 is 23.7 Å². The van der Waals surface area contributed by atoms with Crippen LogP contribution in [0, 0.1) is 5.41 Å². The molecule has 0 atom stereocenters. The maximum absolute atomic E-state index is 13.6. The van der Waals surface area contributed by atoms with Crippen LogP contribution in [0.1, 0.15) is 24.0 Å². The molecular formula is C39H41N5O6. The van der Waals surface area contributed by atoms with Crippen LogP contribution in [0.2, 0.25) is 0 Å². The fourth-order valence-corrected chi connectivity index (χ4v) is 7.37. The standard InChI is InChI=1S/C39H41N5O6/c1-43-17-15-30(19-35(43)45)50-26-39-22-38(23-39,25-44(39)37(46)49-21-27-8-5-4-6-9-27)24-42-33-11-7-10-32-31(33)14-16-40-36(32)41-20-28-12-13-29(47-2)18-34(28)48-3/h4-19,42H,20-26H2,1-3H3,(H,40,41). The number of nitrogens with one attached hydrogen (secondary N) is 2. The summed E-state index contributed by atoms with van der Waals surface area (Å²) in [6, 6.07) is 26.8. The summed E-state index contributed by atoms with van der Waals surface area (Å²) in [7, 11) is 4.98. The first-order chi connectivity index (χ1) is 24.3. The molecule has 1 aliphatic carbocycles. The highest BCUT2D eigenvalue weighted by Gasteiger charge is 2.67. The van der Waals surface area contributed by atoms with E-state index in [1.54, 1.807) is 33.5 Å². The van der Waals surface area contributed by atoms with E-state index in [1.165, 1.54) is 10.6 Å². The molecule has 50 heavy (non-hydrogen) atoms. The molecule has 0 radical (unpaired) electrons. The van der Waals surface area contributed by atoms with Crippen molar-refractivity contribution in [2.45, 2.75) is 31.5 Å². The van der Waals surface area contributed by atoms with E-state index in [2.05, 4.69) is 27.8 Å². The number of hydrogen-bond acceptors (Lipinski definition) is 9. The van der Waals surface area contributed by atoms with Gasteiger partial charge in [0, 0.05) is 78.6 Å². The fourth-order valence-electron chi connectivity index (χ4n) is 7.37. The molecule has 3 aromatic carbocycles. The summed E-state index contributed by atoms with van der Waals surface area (Å²) < 4.78 is 24.4. The molecule has 0 unspecified atom stereocenters. The largest absolute Gasteiger partial charge is 0.497 e. The van der Waals surface area contributed by atoms with Crippen LogP contribution in [0.15, 0.2) is 102 Å². The van der Waals surface area contributed by atoms with Gasteiger partial charge in [-0.15, -0.1) is 0 Å². The average molecular weight is 676 g/mol. The van der Waals surface area contributed by atoms with Crippen LogP contribution < -0.4 is 30.4 Å². The molecule has 258 valence electrons. The molecule has 11 heteroatoms. The van der Waals surface area contributed by atoms with Gasteiger partial charge in [0.25, 0.3) is 5.56 Å². The van der Waals surface area contributed by atoms with Gasteiger partial charge in [-0.05, 0) is 48.7 Å². The van der Waals surface area contributed by atoms with Crippen molar-refractivity contribution in [3.8, 4) is 17.2 Å². The van der Waals surface area contributed by atoms with Gasteiger partial charge in [-0.1, -0.05) is 42.5 Å². The highest BCUT2D eigenvalue weighted by atomic mass is 16.6. The zero-order chi connectivity index (χ0) is 34.7. The number of nitrogens with zero attached hydrogens (tertiary/aromatic N) is 3. The molecule has 11 nitrogen and oxygen atoms in total. The van der Waals surface area contributed by atoms with Gasteiger partial charge in [-0.2, -0.15) is 0 Å². The first kappa shape index (κ1) is 32.8. The van der Waals surface area contributed by atoms with Gasteiger partial charge in [0.1, 0.15) is 36.3 Å². The number of fused-ring (bicyclic) bond motifs is 2. The number of pyridine rings is 2. The van der Waals surface area contributed by atoms with E-state index in [4.69, 9.17) is 18.9 Å². The zero-order valence-electron chi connectivity index (χ0n) is 28.5. The molecule has 3 aliphatic rings. The summed E-state index contributed by atoms with van der Waals surface area (Å²) >= 11 is 0. The third-order valence-corrected chi connectivity index (χ3v) is 9.88. The Morgan fingerprint density at radius 3 is 2.52 bits per heavy atom. The maximum Gasteiger partial charge on any atom is 0.410 e. The van der Waals surface area contributed by atoms with E-state index in [0.717, 1.165) is 57.7 Å². The minimum absolute atomic E-state index is 0.151. The molecule has 2 aliphatic heterocycles. The smallest absolute Gasteiger partial charge is 0.410 e. The molecule has 2 saturated heterocycles. The third-order valence-electron chi connectivity index (χ3n) is 9.88. The number of aromatic nitrogens is 2. The van der Waals surface area contributed by atoms with Gasteiger partial charge in [0.15, 0.2) is 0 Å². The second-order valence-electron chi connectivity index (χ2n) is 13.2. The van der Waals surface area contributed by atoms with Gasteiger partial charge in [-0.25, -0.2) is 9.78 Å². The van der Waals surface area contributed by atoms with Gasteiger partial charge < -0.3 is 34.1 Å². The SMILES string of the molecule is COc1ccc(CNc2nccc3c(NCC45CN(C(=O)OCc6ccccc6)C(COc6ccn(C)c(=O)c6)(C4)C5)cccc23)c(OC)c1. The van der Waals surface area contributed by atoms with Crippen LogP contribution in [0.5, 0.6) is 17.2 Å². The van der Waals surface area contributed by atoms with Crippen molar-refractivity contribution in [1.82, 2.24) is 14.5 Å². The molecule has 2 N–H and O–H groups in total. The van der Waals surface area contributed by atoms with Crippen LogP contribution >= 0.6 is 0 Å². The molecule has 4 heterocycles. The van der Waals surface area contributed by atoms with Crippen molar-refractivity contribution in [1.29, 1.82) is 0 Å². The van der Waals surface area contributed by atoms with Crippen molar-refractivity contribution in [3.05, 3.63) is 119 Å². The second-order valence-corrected chi connectivity index (χ2v) is 13.2. The fraction of sp³-hybridized carbons (Fsp3) is 0.308. The van der Waals surface area contributed by atoms with E-state index in [0.29, 0.717) is 25.4 Å². The summed E-state index contributed by atoms with van der Waals surface area (Å²) in [4.78, 5) is 32.3. The Labute approximate surface area is 290 Å². The van der Waals surface area contributed by atoms with Gasteiger partial charge in [-0.3, -0.25) is 9.69 Å². The lowest BCUT2D eigenvalue weighted by Crippen LogP contribution is -2.56. The van der Waals surface area contributed by atoms with Gasteiger partial charge in [0.2, 0.25) is 0 Å². The number of benzene rings is 3. The minimum atomic E-state index is -0.529. The summed E-state index contributed by atoms with van der Waals surface area (Å²) in [5.41, 5.74) is 2.06. The molecule has 3 fully saturated rings. The predicted molar refractivity (Wildman–Crippen MR) is 192 cm³/mol. The van der Waals surface area contributed by atoms with E-state index in [9.17, 15) is 9.59 Å². The number of ether oxygens (including phenoxy) is 4. The van der Waals surface area contributed by atoms with E-state index in [1.807, 2.05) is 71.8 Å². The molecule has 8 rings (SSSR count). The number of carbonyl (C=O) groups excluding carboxylic acids is 1. The van der Waals surface area contributed by atoms with Crippen LogP contribution in [-0.4, -0.2) is 60.0 Å². The van der Waals surface area contributed by atoms with E-state index >= 15 is 0 Å². The van der Waals surface area contributed by atoms with Crippen molar-refractivity contribution in [3.63, 3.8) is 0 Å². The molecule has 2 aromatic heterocycles. The van der Waals surface area contributed by atoms with Crippen molar-refractivity contribution >= 4 is 28.4 Å². The Hall–Kier alpha value is -5.71. The Morgan fingerprint density at radius 2 is 1.74 bits per heavy atom. The van der Waals surface area contributed by atoms with Crippen LogP contribution in [0.25, 0.3) is 10.8 Å². The van der Waals surface area contributed by atoms with Gasteiger partial charge in [0.05, 0.1) is 19.8 Å². The van der Waals surface area contributed by atoms with E-state index < -0.39 is 5.54 Å². The number of amides is 1. The Kier molecular flexibility index (Phi) is 8.96. The number of methoxy groups -OCH3 is 2. The van der Waals surface area contributed by atoms with E-state index in [-0.39, 0.29) is 30.3 Å². The molecule has 1 saturated carbocycles. The Morgan fingerprint density at radius 1 is 0.900 bits per heavy atom. The molecule has 1 amide bonds. The van der Waals surface area contributed by atoms with Crippen molar-refractivity contribution in [2.24, 2.45) is 12.5 Å². The molecule has 5 aromatic rings. The number of aryl methyl sites for hydroxylation is 1. The Balaban J connectivity index is 1.06. The summed E-state index contributed by atoms with van der Waals surface area (Å²) in [6.07, 6.45) is 4.63. The average Bonchev–Trinajstić information content (AvgIpc) is 3.64. The summed E-state index contributed by atoms with van der Waals surface area (Å²) in [5, 5.41) is 9.23. The maximum atomic E-state index is 13.6. The highest BCUT2D eigenvalue weighted by Crippen LogP contribution is 2.59. The first-order valence-electron chi connectivity index (χ1n) is 16.6. The first-order valence-corrected chi connectivity index (χ1v) is 16.6. The highest BCUT2D eigenvalue weighted by molar-refractivity contribution is 6.00. The lowest BCUT2D eigenvalue weighted by molar-refractivity contribution is 0.0128. The minimum Gasteiger partial charge on any atom is -0.497 e. The number of rotatable bonds is 13. The van der Waals surface area contributed by atoms with Crippen LogP contribution in [0.4, 0.5) is 16.3 Å². The number of anilines is 2. The lowest BCUT2D eigenvalue weighted by atomic mass is 9.62. The van der Waals surface area contributed by atoms with Crippen LogP contribution in [-0.2, 0) is 24.9 Å². The topological polar surface area (TPSA) is 116 Å². The predicted octanol–water partition coefficient (Wildman–Crippen LogP) is 6.23. The zero-order valence-corrected chi connectivity index (χ0v) is 28.5. The molecular weight excluding hydrogens is 634 g/mol. The normalized spacial score (nSPS) is 19.1. The van der Waals surface area contributed by atoms with Crippen molar-refractivity contribution in [2.75, 3.05) is 44.5 Å². The lowest BCUT2D eigenvalue weighted by Gasteiger charge is -2.47. The second kappa shape index (κ2) is 13.7. The van der Waals surface area contributed by atoms with Gasteiger partial charge >= 0.3 is 6.09 Å². The quantitative estimate of drug-likeness (QED) is 0.150. The summed E-state index contributed by atoms with van der Waals surface area (Å²) in [6.45, 7) is 2.19. The monoisotopic (exact) mass is 675 g/mol. The number of hydrogen-bond donors (Lipinski definition) is 2.